The standard InChI is InChI=1S/C14H20N2O3/c1-2-14(17)10-15(12-6-7-12)9-11-4-3-5-13(8-11)16(18)19/h3-5,8,12,14,17H,2,6-7,9-10H2,1H3/t14-/m1/s1. The predicted molar refractivity (Wildman–Crippen MR) is 72.8 cm³/mol. The van der Waals surface area contributed by atoms with Crippen LogP contribution in [0.15, 0.2) is 24.3 Å². The van der Waals surface area contributed by atoms with Crippen molar-refractivity contribution in [3.63, 3.8) is 0 Å². The van der Waals surface area contributed by atoms with Gasteiger partial charge in [-0.15, -0.1) is 0 Å². The molecule has 0 heterocycles. The summed E-state index contributed by atoms with van der Waals surface area (Å²) in [6, 6.07) is 7.27. The first-order valence-corrected chi connectivity index (χ1v) is 6.75. The summed E-state index contributed by atoms with van der Waals surface area (Å²) in [5, 5.41) is 20.5. The summed E-state index contributed by atoms with van der Waals surface area (Å²) in [5.41, 5.74) is 1.06. The first-order chi connectivity index (χ1) is 9.10. The number of nitro benzene ring substituents is 1. The number of hydrogen-bond donors (Lipinski definition) is 1. The van der Waals surface area contributed by atoms with Crippen LogP contribution >= 0.6 is 0 Å². The molecule has 2 rings (SSSR count). The van der Waals surface area contributed by atoms with E-state index < -0.39 is 0 Å². The molecule has 0 unspecified atom stereocenters. The number of aliphatic hydroxyl groups is 1. The highest BCUT2D eigenvalue weighted by atomic mass is 16.6. The van der Waals surface area contributed by atoms with Crippen molar-refractivity contribution in [3.05, 3.63) is 39.9 Å². The van der Waals surface area contributed by atoms with Crippen LogP contribution in [0.5, 0.6) is 0 Å². The molecule has 1 N–H and O–H groups in total. The molecule has 0 saturated heterocycles. The summed E-state index contributed by atoms with van der Waals surface area (Å²) in [6.07, 6.45) is 2.73. The average Bonchev–Trinajstić information content (AvgIpc) is 3.22. The number of non-ortho nitro benzene ring substituents is 1. The Kier molecular flexibility index (Phi) is 4.50. The summed E-state index contributed by atoms with van der Waals surface area (Å²) in [4.78, 5) is 12.6. The van der Waals surface area contributed by atoms with E-state index in [4.69, 9.17) is 0 Å². The minimum Gasteiger partial charge on any atom is -0.392 e. The van der Waals surface area contributed by atoms with Crippen LogP contribution in [0.4, 0.5) is 5.69 Å². The molecule has 0 bridgehead atoms. The number of hydrogen-bond acceptors (Lipinski definition) is 4. The molecule has 5 nitrogen and oxygen atoms in total. The SMILES string of the molecule is CC[C@@H](O)CN(Cc1cccc([N+](=O)[O-])c1)C1CC1. The third-order valence-corrected chi connectivity index (χ3v) is 3.49. The molecule has 0 spiro atoms. The highest BCUT2D eigenvalue weighted by molar-refractivity contribution is 5.34. The Balaban J connectivity index is 2.04. The third-order valence-electron chi connectivity index (χ3n) is 3.49. The fourth-order valence-corrected chi connectivity index (χ4v) is 2.19. The Morgan fingerprint density at radius 3 is 2.84 bits per heavy atom. The van der Waals surface area contributed by atoms with E-state index in [0.717, 1.165) is 24.8 Å². The lowest BCUT2D eigenvalue weighted by atomic mass is 10.1. The second-order valence-electron chi connectivity index (χ2n) is 5.15. The minimum absolute atomic E-state index is 0.129. The van der Waals surface area contributed by atoms with Gasteiger partial charge in [0.05, 0.1) is 11.0 Å². The molecule has 104 valence electrons. The zero-order valence-corrected chi connectivity index (χ0v) is 11.2. The van der Waals surface area contributed by atoms with Crippen LogP contribution < -0.4 is 0 Å². The van der Waals surface area contributed by atoms with Crippen molar-refractivity contribution in [1.29, 1.82) is 0 Å². The Labute approximate surface area is 113 Å². The van der Waals surface area contributed by atoms with E-state index in [0.29, 0.717) is 19.1 Å². The number of aliphatic hydroxyl groups excluding tert-OH is 1. The van der Waals surface area contributed by atoms with Crippen LogP contribution in [0.1, 0.15) is 31.7 Å². The largest absolute Gasteiger partial charge is 0.392 e. The molecule has 1 aromatic carbocycles. The molecule has 1 aliphatic rings. The van der Waals surface area contributed by atoms with E-state index in [1.807, 2.05) is 13.0 Å². The number of benzene rings is 1. The van der Waals surface area contributed by atoms with Gasteiger partial charge in [-0.3, -0.25) is 15.0 Å². The molecule has 0 aliphatic heterocycles. The summed E-state index contributed by atoms with van der Waals surface area (Å²) >= 11 is 0. The van der Waals surface area contributed by atoms with Gasteiger partial charge in [0, 0.05) is 31.3 Å². The smallest absolute Gasteiger partial charge is 0.269 e. The lowest BCUT2D eigenvalue weighted by Gasteiger charge is -2.24. The van der Waals surface area contributed by atoms with Gasteiger partial charge in [0.25, 0.3) is 5.69 Å². The van der Waals surface area contributed by atoms with Crippen molar-refractivity contribution >= 4 is 5.69 Å². The Hall–Kier alpha value is -1.46. The average molecular weight is 264 g/mol. The zero-order chi connectivity index (χ0) is 13.8. The van der Waals surface area contributed by atoms with Gasteiger partial charge in [0.15, 0.2) is 0 Å². The Morgan fingerprint density at radius 2 is 2.26 bits per heavy atom. The third kappa shape index (κ3) is 4.01. The normalized spacial score (nSPS) is 16.6. The van der Waals surface area contributed by atoms with Crippen molar-refractivity contribution in [2.45, 2.75) is 44.9 Å². The maximum Gasteiger partial charge on any atom is 0.269 e. The number of nitrogens with zero attached hydrogens (tertiary/aromatic N) is 2. The number of rotatable bonds is 7. The molecular formula is C14H20N2O3. The molecule has 1 atom stereocenters. The summed E-state index contributed by atoms with van der Waals surface area (Å²) < 4.78 is 0. The van der Waals surface area contributed by atoms with Crippen molar-refractivity contribution in [2.75, 3.05) is 6.54 Å². The lowest BCUT2D eigenvalue weighted by Crippen LogP contribution is -2.33. The molecule has 0 aromatic heterocycles. The first kappa shape index (κ1) is 14.0. The molecule has 1 fully saturated rings. The molecule has 1 aromatic rings. The van der Waals surface area contributed by atoms with E-state index in [2.05, 4.69) is 4.90 Å². The van der Waals surface area contributed by atoms with Gasteiger partial charge in [-0.1, -0.05) is 19.1 Å². The van der Waals surface area contributed by atoms with Gasteiger partial charge in [-0.25, -0.2) is 0 Å². The highest BCUT2D eigenvalue weighted by Gasteiger charge is 2.30. The summed E-state index contributed by atoms with van der Waals surface area (Å²) in [6.45, 7) is 3.27. The zero-order valence-electron chi connectivity index (χ0n) is 11.2. The van der Waals surface area contributed by atoms with Crippen LogP contribution in [-0.4, -0.2) is 33.6 Å². The van der Waals surface area contributed by atoms with Crippen LogP contribution in [0.3, 0.4) is 0 Å². The quantitative estimate of drug-likeness (QED) is 0.606. The van der Waals surface area contributed by atoms with Crippen LogP contribution in [0.25, 0.3) is 0 Å². The van der Waals surface area contributed by atoms with E-state index >= 15 is 0 Å². The van der Waals surface area contributed by atoms with Crippen LogP contribution in [0.2, 0.25) is 0 Å². The van der Waals surface area contributed by atoms with E-state index in [1.165, 1.54) is 6.07 Å². The fraction of sp³-hybridized carbons (Fsp3) is 0.571. The number of nitro groups is 1. The van der Waals surface area contributed by atoms with Crippen LogP contribution in [-0.2, 0) is 6.54 Å². The molecule has 5 heteroatoms. The molecular weight excluding hydrogens is 244 g/mol. The van der Waals surface area contributed by atoms with Gasteiger partial charge in [-0.05, 0) is 24.8 Å². The minimum atomic E-state index is -0.369. The van der Waals surface area contributed by atoms with E-state index in [1.54, 1.807) is 12.1 Å². The molecule has 0 amide bonds. The Bertz CT molecular complexity index is 446. The monoisotopic (exact) mass is 264 g/mol. The van der Waals surface area contributed by atoms with Crippen molar-refractivity contribution in [2.24, 2.45) is 0 Å². The second kappa shape index (κ2) is 6.12. The Morgan fingerprint density at radius 1 is 1.53 bits per heavy atom. The van der Waals surface area contributed by atoms with Gasteiger partial charge < -0.3 is 5.11 Å². The molecule has 1 saturated carbocycles. The van der Waals surface area contributed by atoms with Gasteiger partial charge in [-0.2, -0.15) is 0 Å². The van der Waals surface area contributed by atoms with E-state index in [-0.39, 0.29) is 16.7 Å². The second-order valence-corrected chi connectivity index (χ2v) is 5.15. The van der Waals surface area contributed by atoms with Crippen LogP contribution in [0, 0.1) is 10.1 Å². The van der Waals surface area contributed by atoms with Crippen molar-refractivity contribution in [3.8, 4) is 0 Å². The topological polar surface area (TPSA) is 66.6 Å². The van der Waals surface area contributed by atoms with E-state index in [9.17, 15) is 15.2 Å². The van der Waals surface area contributed by atoms with Gasteiger partial charge in [0.2, 0.25) is 0 Å². The molecule has 1 aliphatic carbocycles. The first-order valence-electron chi connectivity index (χ1n) is 6.75. The molecule has 0 radical (unpaired) electrons. The maximum atomic E-state index is 10.8. The summed E-state index contributed by atoms with van der Waals surface area (Å²) in [7, 11) is 0. The lowest BCUT2D eigenvalue weighted by molar-refractivity contribution is -0.384. The van der Waals surface area contributed by atoms with Crippen molar-refractivity contribution < 1.29 is 10.0 Å². The van der Waals surface area contributed by atoms with Gasteiger partial charge >= 0.3 is 0 Å². The van der Waals surface area contributed by atoms with Gasteiger partial charge in [0.1, 0.15) is 0 Å². The molecule has 19 heavy (non-hydrogen) atoms. The highest BCUT2D eigenvalue weighted by Crippen LogP contribution is 2.29. The predicted octanol–water partition coefficient (Wildman–Crippen LogP) is 2.33. The summed E-state index contributed by atoms with van der Waals surface area (Å²) in [5.74, 6) is 0. The van der Waals surface area contributed by atoms with Crippen molar-refractivity contribution in [1.82, 2.24) is 4.90 Å². The maximum absolute atomic E-state index is 10.8. The fourth-order valence-electron chi connectivity index (χ4n) is 2.19.